The zero-order valence-corrected chi connectivity index (χ0v) is 12.7. The molecule has 2 fully saturated rings. The molecule has 0 spiro atoms. The van der Waals surface area contributed by atoms with Gasteiger partial charge in [0.2, 0.25) is 0 Å². The van der Waals surface area contributed by atoms with E-state index in [1.807, 2.05) is 18.7 Å². The first-order valence-corrected chi connectivity index (χ1v) is 7.73. The highest BCUT2D eigenvalue weighted by molar-refractivity contribution is 5.08. The Hall–Kier alpha value is -0.800. The number of likely N-dealkylation sites (tertiary alicyclic amines) is 1. The number of halogens is 3. The molecule has 0 aromatic rings. The van der Waals surface area contributed by atoms with Gasteiger partial charge >= 0.3 is 6.18 Å². The third-order valence-corrected chi connectivity index (χ3v) is 4.59. The quantitative estimate of drug-likeness (QED) is 0.848. The highest BCUT2D eigenvalue weighted by Crippen LogP contribution is 2.34. The minimum atomic E-state index is -4.11. The van der Waals surface area contributed by atoms with Gasteiger partial charge in [-0.1, -0.05) is 0 Å². The molecule has 1 aliphatic carbocycles. The first-order valence-electron chi connectivity index (χ1n) is 7.73. The summed E-state index contributed by atoms with van der Waals surface area (Å²) in [7, 11) is 0. The van der Waals surface area contributed by atoms with E-state index in [1.165, 1.54) is 0 Å². The van der Waals surface area contributed by atoms with E-state index in [2.05, 4.69) is 11.4 Å². The zero-order chi connectivity index (χ0) is 15.7. The predicted molar refractivity (Wildman–Crippen MR) is 74.6 cm³/mol. The number of piperidine rings is 1. The maximum absolute atomic E-state index is 12.9. The van der Waals surface area contributed by atoms with Gasteiger partial charge in [0.05, 0.1) is 12.0 Å². The van der Waals surface area contributed by atoms with Crippen LogP contribution in [0.2, 0.25) is 0 Å². The summed E-state index contributed by atoms with van der Waals surface area (Å²) in [6, 6.07) is 2.69. The summed E-state index contributed by atoms with van der Waals surface area (Å²) >= 11 is 0. The lowest BCUT2D eigenvalue weighted by Crippen LogP contribution is -2.51. The summed E-state index contributed by atoms with van der Waals surface area (Å²) in [5, 5.41) is 12.7. The van der Waals surface area contributed by atoms with Crippen molar-refractivity contribution in [3.63, 3.8) is 0 Å². The summed E-state index contributed by atoms with van der Waals surface area (Å²) in [6.07, 6.45) is -0.568. The van der Waals surface area contributed by atoms with E-state index in [0.29, 0.717) is 25.4 Å². The van der Waals surface area contributed by atoms with Crippen molar-refractivity contribution in [2.24, 2.45) is 5.92 Å². The van der Waals surface area contributed by atoms with Crippen LogP contribution in [0, 0.1) is 17.2 Å². The Morgan fingerprint density at radius 1 is 1.33 bits per heavy atom. The molecule has 2 rings (SSSR count). The topological polar surface area (TPSA) is 39.1 Å². The molecule has 120 valence electrons. The summed E-state index contributed by atoms with van der Waals surface area (Å²) in [4.78, 5) is 1.89. The first kappa shape index (κ1) is 16.6. The Labute approximate surface area is 124 Å². The molecule has 3 unspecified atom stereocenters. The summed E-state index contributed by atoms with van der Waals surface area (Å²) in [5.41, 5.74) is -0.647. The highest BCUT2D eigenvalue weighted by Gasteiger charge is 2.43. The van der Waals surface area contributed by atoms with Crippen molar-refractivity contribution in [1.82, 2.24) is 10.2 Å². The van der Waals surface area contributed by atoms with Crippen molar-refractivity contribution in [1.29, 1.82) is 5.26 Å². The van der Waals surface area contributed by atoms with Gasteiger partial charge in [-0.25, -0.2) is 0 Å². The van der Waals surface area contributed by atoms with E-state index in [9.17, 15) is 18.4 Å². The molecular formula is C15H24F3N3. The molecule has 21 heavy (non-hydrogen) atoms. The van der Waals surface area contributed by atoms with Crippen LogP contribution in [0.5, 0.6) is 0 Å². The largest absolute Gasteiger partial charge is 0.393 e. The fourth-order valence-electron chi connectivity index (χ4n) is 3.21. The van der Waals surface area contributed by atoms with Gasteiger partial charge < -0.3 is 0 Å². The fourth-order valence-corrected chi connectivity index (χ4v) is 3.21. The van der Waals surface area contributed by atoms with Gasteiger partial charge in [-0.2, -0.15) is 18.4 Å². The van der Waals surface area contributed by atoms with Gasteiger partial charge in [0, 0.05) is 18.6 Å². The predicted octanol–water partition coefficient (Wildman–Crippen LogP) is 3.07. The van der Waals surface area contributed by atoms with E-state index < -0.39 is 17.6 Å². The van der Waals surface area contributed by atoms with E-state index >= 15 is 0 Å². The summed E-state index contributed by atoms with van der Waals surface area (Å²) in [5.74, 6) is -1.22. The maximum atomic E-state index is 12.9. The molecule has 3 nitrogen and oxygen atoms in total. The van der Waals surface area contributed by atoms with E-state index in [-0.39, 0.29) is 19.0 Å². The number of nitrogens with zero attached hydrogens (tertiary/aromatic N) is 2. The minimum Gasteiger partial charge on any atom is -0.300 e. The monoisotopic (exact) mass is 303 g/mol. The van der Waals surface area contributed by atoms with Crippen LogP contribution >= 0.6 is 0 Å². The smallest absolute Gasteiger partial charge is 0.300 e. The maximum Gasteiger partial charge on any atom is 0.393 e. The third kappa shape index (κ3) is 4.58. The second-order valence-electron chi connectivity index (χ2n) is 6.79. The molecule has 3 atom stereocenters. The van der Waals surface area contributed by atoms with Gasteiger partial charge in [0.1, 0.15) is 5.54 Å². The second kappa shape index (κ2) is 6.13. The van der Waals surface area contributed by atoms with E-state index in [0.717, 1.165) is 12.8 Å². The Morgan fingerprint density at radius 3 is 2.52 bits per heavy atom. The minimum absolute atomic E-state index is 0.0222. The average molecular weight is 303 g/mol. The Bertz CT molecular complexity index is 400. The van der Waals surface area contributed by atoms with Crippen molar-refractivity contribution < 1.29 is 13.2 Å². The number of hydrogen-bond donors (Lipinski definition) is 1. The molecule has 0 bridgehead atoms. The second-order valence-corrected chi connectivity index (χ2v) is 6.79. The van der Waals surface area contributed by atoms with Crippen LogP contribution in [0.3, 0.4) is 0 Å². The molecule has 1 saturated carbocycles. The van der Waals surface area contributed by atoms with Gasteiger partial charge in [-0.05, 0) is 52.5 Å². The van der Waals surface area contributed by atoms with Crippen LogP contribution in [-0.4, -0.2) is 41.8 Å². The van der Waals surface area contributed by atoms with Crippen molar-refractivity contribution in [2.45, 2.75) is 69.8 Å². The van der Waals surface area contributed by atoms with Crippen molar-refractivity contribution in [3.05, 3.63) is 0 Å². The number of rotatable bonds is 5. The Morgan fingerprint density at radius 2 is 2.00 bits per heavy atom. The molecule has 6 heteroatoms. The normalized spacial score (nSPS) is 28.7. The molecule has 0 aromatic carbocycles. The molecule has 1 aliphatic heterocycles. The summed E-state index contributed by atoms with van der Waals surface area (Å²) < 4.78 is 38.6. The average Bonchev–Trinajstić information content (AvgIpc) is 3.21. The van der Waals surface area contributed by atoms with Gasteiger partial charge in [-0.15, -0.1) is 0 Å². The van der Waals surface area contributed by atoms with Crippen LogP contribution in [0.4, 0.5) is 13.2 Å². The highest BCUT2D eigenvalue weighted by atomic mass is 19.4. The molecule has 0 radical (unpaired) electrons. The SMILES string of the molecule is CC(CC(C)(C#N)NC1CC1)N1CCCC(C(F)(F)F)C1. The lowest BCUT2D eigenvalue weighted by molar-refractivity contribution is -0.188. The summed E-state index contributed by atoms with van der Waals surface area (Å²) in [6.45, 7) is 4.55. The number of nitrogens with one attached hydrogen (secondary N) is 1. The van der Waals surface area contributed by atoms with Gasteiger partial charge in [0.15, 0.2) is 0 Å². The zero-order valence-electron chi connectivity index (χ0n) is 12.7. The van der Waals surface area contributed by atoms with E-state index in [4.69, 9.17) is 0 Å². The number of nitriles is 1. The van der Waals surface area contributed by atoms with Crippen LogP contribution in [0.1, 0.15) is 46.0 Å². The van der Waals surface area contributed by atoms with Gasteiger partial charge in [-0.3, -0.25) is 10.2 Å². The van der Waals surface area contributed by atoms with Crippen LogP contribution in [0.25, 0.3) is 0 Å². The molecule has 0 amide bonds. The van der Waals surface area contributed by atoms with Crippen LogP contribution in [0.15, 0.2) is 0 Å². The van der Waals surface area contributed by atoms with Crippen molar-refractivity contribution >= 4 is 0 Å². The Kier molecular flexibility index (Phi) is 4.84. The Balaban J connectivity index is 1.92. The van der Waals surface area contributed by atoms with Crippen molar-refractivity contribution in [2.75, 3.05) is 13.1 Å². The number of alkyl halides is 3. The molecule has 1 heterocycles. The molecule has 0 aromatic heterocycles. The van der Waals surface area contributed by atoms with Crippen LogP contribution in [-0.2, 0) is 0 Å². The number of hydrogen-bond acceptors (Lipinski definition) is 3. The third-order valence-electron chi connectivity index (χ3n) is 4.59. The standard InChI is InChI=1S/C15H24F3N3/c1-11(8-14(2,10-19)20-13-5-6-13)21-7-3-4-12(9-21)15(16,17)18/h11-13,20H,3-9H2,1-2H3. The van der Waals surface area contributed by atoms with Crippen LogP contribution < -0.4 is 5.32 Å². The molecule has 1 N–H and O–H groups in total. The van der Waals surface area contributed by atoms with E-state index in [1.54, 1.807) is 0 Å². The fraction of sp³-hybridized carbons (Fsp3) is 0.933. The molecular weight excluding hydrogens is 279 g/mol. The molecule has 1 saturated heterocycles. The van der Waals surface area contributed by atoms with Crippen molar-refractivity contribution in [3.8, 4) is 6.07 Å². The van der Waals surface area contributed by atoms with Gasteiger partial charge in [0.25, 0.3) is 0 Å². The first-order chi connectivity index (χ1) is 9.73. The lowest BCUT2D eigenvalue weighted by atomic mass is 9.91. The molecule has 2 aliphatic rings. The lowest BCUT2D eigenvalue weighted by Gasteiger charge is -2.39.